The van der Waals surface area contributed by atoms with Crippen LogP contribution in [0.4, 0.5) is 4.79 Å². The van der Waals surface area contributed by atoms with Crippen molar-refractivity contribution in [3.8, 4) is 0 Å². The lowest BCUT2D eigenvalue weighted by Gasteiger charge is -2.18. The molecule has 0 spiro atoms. The molecule has 6 nitrogen and oxygen atoms in total. The van der Waals surface area contributed by atoms with Crippen molar-refractivity contribution in [2.45, 2.75) is 46.2 Å². The van der Waals surface area contributed by atoms with E-state index in [-0.39, 0.29) is 12.0 Å². The average Bonchev–Trinajstić information content (AvgIpc) is 2.74. The number of aryl methyl sites for hydroxylation is 1. The van der Waals surface area contributed by atoms with Crippen LogP contribution >= 0.6 is 11.3 Å². The van der Waals surface area contributed by atoms with Gasteiger partial charge < -0.3 is 15.7 Å². The van der Waals surface area contributed by atoms with Crippen LogP contribution in [0.1, 0.15) is 43.9 Å². The third-order valence-corrected chi connectivity index (χ3v) is 3.81. The topological polar surface area (TPSA) is 91.3 Å². The van der Waals surface area contributed by atoms with Gasteiger partial charge in [-0.15, -0.1) is 11.3 Å². The monoisotopic (exact) mass is 299 g/mol. The van der Waals surface area contributed by atoms with Gasteiger partial charge in [0.1, 0.15) is 11.0 Å². The molecule has 0 aliphatic rings. The molecule has 2 amide bonds. The van der Waals surface area contributed by atoms with Crippen LogP contribution in [-0.2, 0) is 4.79 Å². The standard InChI is InChI=1S/C13H21N3O3S/c1-7(2)5-10(12(17)18)16-13(19)15-9(4)11-14-8(3)6-20-11/h6-7,9-10H,5H2,1-4H3,(H,17,18)(H2,15,16,19). The van der Waals surface area contributed by atoms with Crippen molar-refractivity contribution in [2.75, 3.05) is 0 Å². The Morgan fingerprint density at radius 3 is 2.45 bits per heavy atom. The summed E-state index contributed by atoms with van der Waals surface area (Å²) in [6.45, 7) is 7.53. The molecule has 0 aliphatic heterocycles. The second-order valence-corrected chi connectivity index (χ2v) is 6.08. The largest absolute Gasteiger partial charge is 0.480 e. The van der Waals surface area contributed by atoms with Crippen LogP contribution in [0.25, 0.3) is 0 Å². The fourth-order valence-electron chi connectivity index (χ4n) is 1.72. The molecule has 0 aromatic carbocycles. The number of nitrogens with zero attached hydrogens (tertiary/aromatic N) is 1. The van der Waals surface area contributed by atoms with Crippen LogP contribution in [0.3, 0.4) is 0 Å². The van der Waals surface area contributed by atoms with Crippen molar-refractivity contribution in [3.05, 3.63) is 16.1 Å². The van der Waals surface area contributed by atoms with Gasteiger partial charge in [-0.2, -0.15) is 0 Å². The van der Waals surface area contributed by atoms with Crippen LogP contribution < -0.4 is 10.6 Å². The molecular formula is C13H21N3O3S. The van der Waals surface area contributed by atoms with E-state index in [0.717, 1.165) is 10.7 Å². The molecule has 112 valence electrons. The van der Waals surface area contributed by atoms with Crippen LogP contribution in [0.15, 0.2) is 5.38 Å². The molecular weight excluding hydrogens is 278 g/mol. The van der Waals surface area contributed by atoms with E-state index in [9.17, 15) is 9.59 Å². The first-order valence-electron chi connectivity index (χ1n) is 6.51. The summed E-state index contributed by atoms with van der Waals surface area (Å²) in [6.07, 6.45) is 0.396. The summed E-state index contributed by atoms with van der Waals surface area (Å²) in [6, 6.07) is -1.61. The Kier molecular flexibility index (Phi) is 5.94. The van der Waals surface area contributed by atoms with E-state index in [1.165, 1.54) is 11.3 Å². The summed E-state index contributed by atoms with van der Waals surface area (Å²) in [5.41, 5.74) is 0.905. The lowest BCUT2D eigenvalue weighted by atomic mass is 10.0. The molecule has 0 bridgehead atoms. The Morgan fingerprint density at radius 2 is 2.00 bits per heavy atom. The first-order chi connectivity index (χ1) is 9.29. The fraction of sp³-hybridized carbons (Fsp3) is 0.615. The Balaban J connectivity index is 2.55. The van der Waals surface area contributed by atoms with Crippen LogP contribution in [-0.4, -0.2) is 28.1 Å². The van der Waals surface area contributed by atoms with Gasteiger partial charge in [-0.3, -0.25) is 0 Å². The number of rotatable bonds is 6. The lowest BCUT2D eigenvalue weighted by Crippen LogP contribution is -2.47. The summed E-state index contributed by atoms with van der Waals surface area (Å²) < 4.78 is 0. The Hall–Kier alpha value is -1.63. The Morgan fingerprint density at radius 1 is 1.35 bits per heavy atom. The van der Waals surface area contributed by atoms with Gasteiger partial charge in [-0.05, 0) is 26.2 Å². The van der Waals surface area contributed by atoms with E-state index >= 15 is 0 Å². The molecule has 2 unspecified atom stereocenters. The molecule has 20 heavy (non-hydrogen) atoms. The number of carbonyl (C=O) groups excluding carboxylic acids is 1. The quantitative estimate of drug-likeness (QED) is 0.751. The molecule has 2 atom stereocenters. The summed E-state index contributed by atoms with van der Waals surface area (Å²) in [7, 11) is 0. The molecule has 0 saturated heterocycles. The Bertz CT molecular complexity index is 473. The maximum Gasteiger partial charge on any atom is 0.326 e. The highest BCUT2D eigenvalue weighted by molar-refractivity contribution is 7.09. The van der Waals surface area contributed by atoms with Crippen molar-refractivity contribution in [3.63, 3.8) is 0 Å². The summed E-state index contributed by atoms with van der Waals surface area (Å²) in [4.78, 5) is 27.2. The third kappa shape index (κ3) is 5.16. The van der Waals surface area contributed by atoms with Crippen LogP contribution in [0.2, 0.25) is 0 Å². The molecule has 0 saturated carbocycles. The van der Waals surface area contributed by atoms with Crippen molar-refractivity contribution >= 4 is 23.3 Å². The number of aromatic nitrogens is 1. The highest BCUT2D eigenvalue weighted by Crippen LogP contribution is 2.17. The van der Waals surface area contributed by atoms with E-state index in [1.54, 1.807) is 0 Å². The van der Waals surface area contributed by atoms with Crippen molar-refractivity contribution in [2.24, 2.45) is 5.92 Å². The fourth-order valence-corrected chi connectivity index (χ4v) is 2.53. The SMILES string of the molecule is Cc1csc(C(C)NC(=O)NC(CC(C)C)C(=O)O)n1. The van der Waals surface area contributed by atoms with Gasteiger partial charge >= 0.3 is 12.0 Å². The number of carboxylic acid groups (broad SMARTS) is 1. The minimum absolute atomic E-state index is 0.190. The molecule has 1 rings (SSSR count). The van der Waals surface area contributed by atoms with Crippen molar-refractivity contribution in [1.29, 1.82) is 0 Å². The predicted octanol–water partition coefficient (Wildman–Crippen LogP) is 2.31. The zero-order chi connectivity index (χ0) is 15.3. The lowest BCUT2D eigenvalue weighted by molar-refractivity contribution is -0.139. The summed E-state index contributed by atoms with van der Waals surface area (Å²) >= 11 is 1.47. The second-order valence-electron chi connectivity index (χ2n) is 5.19. The number of carboxylic acids is 1. The molecule has 0 radical (unpaired) electrons. The van der Waals surface area contributed by atoms with Gasteiger partial charge in [0.2, 0.25) is 0 Å². The van der Waals surface area contributed by atoms with Gasteiger partial charge in [0, 0.05) is 11.1 Å². The second kappa shape index (κ2) is 7.23. The van der Waals surface area contributed by atoms with Gasteiger partial charge in [0.15, 0.2) is 0 Å². The maximum atomic E-state index is 11.8. The molecule has 1 heterocycles. The van der Waals surface area contributed by atoms with E-state index in [2.05, 4.69) is 15.6 Å². The van der Waals surface area contributed by atoms with Gasteiger partial charge in [-0.1, -0.05) is 13.8 Å². The summed E-state index contributed by atoms with van der Waals surface area (Å²) in [5, 5.41) is 17.0. The Labute approximate surface area is 122 Å². The smallest absolute Gasteiger partial charge is 0.326 e. The zero-order valence-corrected chi connectivity index (χ0v) is 13.0. The number of nitrogens with one attached hydrogen (secondary N) is 2. The number of thiazole rings is 1. The number of carbonyl (C=O) groups is 2. The van der Waals surface area contributed by atoms with E-state index in [0.29, 0.717) is 6.42 Å². The zero-order valence-electron chi connectivity index (χ0n) is 12.1. The number of amides is 2. The normalized spacial score (nSPS) is 13.8. The summed E-state index contributed by atoms with van der Waals surface area (Å²) in [5.74, 6) is -0.831. The van der Waals surface area contributed by atoms with Gasteiger partial charge in [0.25, 0.3) is 0 Å². The van der Waals surface area contributed by atoms with Crippen molar-refractivity contribution in [1.82, 2.24) is 15.6 Å². The predicted molar refractivity (Wildman–Crippen MR) is 77.8 cm³/mol. The minimum Gasteiger partial charge on any atom is -0.480 e. The number of urea groups is 1. The molecule has 1 aromatic rings. The first-order valence-corrected chi connectivity index (χ1v) is 7.39. The molecule has 1 aromatic heterocycles. The molecule has 7 heteroatoms. The van der Waals surface area contributed by atoms with Gasteiger partial charge in [0.05, 0.1) is 6.04 Å². The van der Waals surface area contributed by atoms with Gasteiger partial charge in [-0.25, -0.2) is 14.6 Å². The van der Waals surface area contributed by atoms with E-state index in [4.69, 9.17) is 5.11 Å². The van der Waals surface area contributed by atoms with Crippen LogP contribution in [0.5, 0.6) is 0 Å². The molecule has 0 fully saturated rings. The maximum absolute atomic E-state index is 11.8. The minimum atomic E-state index is -1.02. The van der Waals surface area contributed by atoms with E-state index in [1.807, 2.05) is 33.1 Å². The molecule has 0 aliphatic carbocycles. The number of hydrogen-bond donors (Lipinski definition) is 3. The average molecular weight is 299 g/mol. The molecule has 3 N–H and O–H groups in total. The highest BCUT2D eigenvalue weighted by Gasteiger charge is 2.22. The first kappa shape index (κ1) is 16.4. The number of hydrogen-bond acceptors (Lipinski definition) is 4. The number of aliphatic carboxylic acids is 1. The third-order valence-electron chi connectivity index (χ3n) is 2.67. The van der Waals surface area contributed by atoms with E-state index < -0.39 is 18.0 Å². The highest BCUT2D eigenvalue weighted by atomic mass is 32.1. The van der Waals surface area contributed by atoms with Crippen molar-refractivity contribution < 1.29 is 14.7 Å². The van der Waals surface area contributed by atoms with Crippen LogP contribution in [0, 0.1) is 12.8 Å².